The van der Waals surface area contributed by atoms with Crippen LogP contribution >= 0.6 is 0 Å². The molecule has 0 fully saturated rings. The molecule has 7 heteroatoms. The number of hydrogen-bond acceptors (Lipinski definition) is 5. The van der Waals surface area contributed by atoms with Gasteiger partial charge >= 0.3 is 0 Å². The summed E-state index contributed by atoms with van der Waals surface area (Å²) in [5.74, 6) is 1.14. The van der Waals surface area contributed by atoms with Crippen molar-refractivity contribution in [1.29, 1.82) is 0 Å². The van der Waals surface area contributed by atoms with Gasteiger partial charge in [-0.1, -0.05) is 6.92 Å². The van der Waals surface area contributed by atoms with Crippen LogP contribution in [-0.4, -0.2) is 38.2 Å². The molecular weight excluding hydrogens is 372 g/mol. The smallest absolute Gasteiger partial charge is 0.251 e. The summed E-state index contributed by atoms with van der Waals surface area (Å²) in [6, 6.07) is 12.0. The number of amides is 2. The molecule has 7 nitrogen and oxygen atoms in total. The van der Waals surface area contributed by atoms with Crippen LogP contribution in [0.5, 0.6) is 17.2 Å². The molecule has 0 bridgehead atoms. The lowest BCUT2D eigenvalue weighted by Crippen LogP contribution is -2.32. The maximum atomic E-state index is 12.4. The number of carbonyl (C=O) groups excluding carboxylic acids is 2. The molecule has 0 radical (unpaired) electrons. The molecule has 0 aliphatic carbocycles. The first-order valence-electron chi connectivity index (χ1n) is 9.77. The van der Waals surface area contributed by atoms with E-state index in [1.165, 1.54) is 0 Å². The first-order chi connectivity index (χ1) is 14.1. The number of ether oxygens (including phenoxy) is 3. The normalized spacial score (nSPS) is 10.2. The molecule has 0 atom stereocenters. The van der Waals surface area contributed by atoms with Gasteiger partial charge in [0.1, 0.15) is 5.75 Å². The number of benzene rings is 2. The standard InChI is InChI=1S/C22H28N2O5/c1-4-13-29-19-12-7-16(14-20(19)28-6-3)22(26)23-15-21(25)24-17-8-10-18(11-9-17)27-5-2/h7-12,14H,4-6,13,15H2,1-3H3,(H,23,26)(H,24,25). The largest absolute Gasteiger partial charge is 0.494 e. The van der Waals surface area contributed by atoms with Gasteiger partial charge in [0.25, 0.3) is 5.91 Å². The van der Waals surface area contributed by atoms with E-state index in [-0.39, 0.29) is 18.4 Å². The van der Waals surface area contributed by atoms with Crippen LogP contribution in [0, 0.1) is 0 Å². The summed E-state index contributed by atoms with van der Waals surface area (Å²) in [5, 5.41) is 5.34. The summed E-state index contributed by atoms with van der Waals surface area (Å²) in [7, 11) is 0. The fraction of sp³-hybridized carbons (Fsp3) is 0.364. The summed E-state index contributed by atoms with van der Waals surface area (Å²) in [6.07, 6.45) is 0.872. The summed E-state index contributed by atoms with van der Waals surface area (Å²) < 4.78 is 16.6. The summed E-state index contributed by atoms with van der Waals surface area (Å²) in [5.41, 5.74) is 1.02. The van der Waals surface area contributed by atoms with Crippen molar-refractivity contribution in [3.8, 4) is 17.2 Å². The maximum Gasteiger partial charge on any atom is 0.251 e. The van der Waals surface area contributed by atoms with E-state index >= 15 is 0 Å². The molecule has 2 amide bonds. The van der Waals surface area contributed by atoms with Crippen LogP contribution in [0.3, 0.4) is 0 Å². The molecule has 2 rings (SSSR count). The minimum Gasteiger partial charge on any atom is -0.494 e. The summed E-state index contributed by atoms with van der Waals surface area (Å²) in [6.45, 7) is 7.23. The molecule has 0 aliphatic heterocycles. The van der Waals surface area contributed by atoms with E-state index in [4.69, 9.17) is 14.2 Å². The van der Waals surface area contributed by atoms with Crippen LogP contribution in [0.1, 0.15) is 37.6 Å². The van der Waals surface area contributed by atoms with Crippen LogP contribution in [-0.2, 0) is 4.79 Å². The number of hydrogen-bond donors (Lipinski definition) is 2. The third kappa shape index (κ3) is 7.03. The van der Waals surface area contributed by atoms with Crippen molar-refractivity contribution in [3.05, 3.63) is 48.0 Å². The molecule has 0 unspecified atom stereocenters. The van der Waals surface area contributed by atoms with E-state index in [9.17, 15) is 9.59 Å². The molecule has 0 heterocycles. The highest BCUT2D eigenvalue weighted by molar-refractivity contribution is 5.99. The van der Waals surface area contributed by atoms with Gasteiger partial charge in [-0.3, -0.25) is 9.59 Å². The quantitative estimate of drug-likeness (QED) is 0.601. The third-order valence-corrected chi connectivity index (χ3v) is 3.83. The lowest BCUT2D eigenvalue weighted by molar-refractivity contribution is -0.115. The van der Waals surface area contributed by atoms with Gasteiger partial charge in [0, 0.05) is 11.3 Å². The zero-order valence-electron chi connectivity index (χ0n) is 17.1. The van der Waals surface area contributed by atoms with E-state index in [2.05, 4.69) is 10.6 Å². The molecule has 2 aromatic carbocycles. The van der Waals surface area contributed by atoms with Crippen molar-refractivity contribution < 1.29 is 23.8 Å². The van der Waals surface area contributed by atoms with E-state index < -0.39 is 0 Å². The van der Waals surface area contributed by atoms with Crippen molar-refractivity contribution in [2.45, 2.75) is 27.2 Å². The zero-order valence-corrected chi connectivity index (χ0v) is 17.1. The Morgan fingerprint density at radius 2 is 1.59 bits per heavy atom. The highest BCUT2D eigenvalue weighted by Gasteiger charge is 2.13. The van der Waals surface area contributed by atoms with Crippen molar-refractivity contribution in [2.24, 2.45) is 0 Å². The third-order valence-electron chi connectivity index (χ3n) is 3.83. The van der Waals surface area contributed by atoms with Crippen LogP contribution in [0.2, 0.25) is 0 Å². The monoisotopic (exact) mass is 400 g/mol. The van der Waals surface area contributed by atoms with E-state index in [1.54, 1.807) is 42.5 Å². The Kier molecular flexibility index (Phi) is 8.82. The molecule has 156 valence electrons. The fourth-order valence-electron chi connectivity index (χ4n) is 2.52. The molecule has 2 N–H and O–H groups in total. The average molecular weight is 400 g/mol. The second-order valence-corrected chi connectivity index (χ2v) is 6.13. The summed E-state index contributed by atoms with van der Waals surface area (Å²) in [4.78, 5) is 24.5. The topological polar surface area (TPSA) is 85.9 Å². The molecule has 0 spiro atoms. The Morgan fingerprint density at radius 3 is 2.24 bits per heavy atom. The Bertz CT molecular complexity index is 805. The second kappa shape index (κ2) is 11.6. The predicted octanol–water partition coefficient (Wildman–Crippen LogP) is 3.64. The van der Waals surface area contributed by atoms with Gasteiger partial charge in [0.15, 0.2) is 11.5 Å². The first kappa shape index (κ1) is 22.1. The van der Waals surface area contributed by atoms with Crippen molar-refractivity contribution in [2.75, 3.05) is 31.7 Å². The van der Waals surface area contributed by atoms with Crippen LogP contribution in [0.4, 0.5) is 5.69 Å². The SMILES string of the molecule is CCCOc1ccc(C(=O)NCC(=O)Nc2ccc(OCC)cc2)cc1OCC. The van der Waals surface area contributed by atoms with Crippen molar-refractivity contribution in [1.82, 2.24) is 5.32 Å². The molecule has 2 aromatic rings. The van der Waals surface area contributed by atoms with Gasteiger partial charge in [-0.15, -0.1) is 0 Å². The van der Waals surface area contributed by atoms with E-state index in [0.717, 1.165) is 12.2 Å². The molecule has 0 saturated carbocycles. The maximum absolute atomic E-state index is 12.4. The van der Waals surface area contributed by atoms with Gasteiger partial charge in [0.2, 0.25) is 5.91 Å². The molecule has 0 aliphatic rings. The number of carbonyl (C=O) groups is 2. The average Bonchev–Trinajstić information content (AvgIpc) is 2.73. The lowest BCUT2D eigenvalue weighted by atomic mass is 10.2. The molecular formula is C22H28N2O5. The van der Waals surface area contributed by atoms with Gasteiger partial charge in [0.05, 0.1) is 26.4 Å². The van der Waals surface area contributed by atoms with Crippen LogP contribution in [0.15, 0.2) is 42.5 Å². The predicted molar refractivity (Wildman–Crippen MR) is 112 cm³/mol. The van der Waals surface area contributed by atoms with Crippen molar-refractivity contribution >= 4 is 17.5 Å². The van der Waals surface area contributed by atoms with Gasteiger partial charge in [-0.2, -0.15) is 0 Å². The number of anilines is 1. The minimum absolute atomic E-state index is 0.149. The Hall–Kier alpha value is -3.22. The van der Waals surface area contributed by atoms with Gasteiger partial charge in [-0.25, -0.2) is 0 Å². The first-order valence-corrected chi connectivity index (χ1v) is 9.77. The van der Waals surface area contributed by atoms with Gasteiger partial charge < -0.3 is 24.8 Å². The fourth-order valence-corrected chi connectivity index (χ4v) is 2.52. The molecule has 0 aromatic heterocycles. The minimum atomic E-state index is -0.366. The lowest BCUT2D eigenvalue weighted by Gasteiger charge is -2.13. The number of nitrogens with one attached hydrogen (secondary N) is 2. The molecule has 0 saturated heterocycles. The van der Waals surface area contributed by atoms with E-state index in [1.807, 2.05) is 20.8 Å². The van der Waals surface area contributed by atoms with Crippen LogP contribution < -0.4 is 24.8 Å². The van der Waals surface area contributed by atoms with Crippen molar-refractivity contribution in [3.63, 3.8) is 0 Å². The Morgan fingerprint density at radius 1 is 0.862 bits per heavy atom. The summed E-state index contributed by atoms with van der Waals surface area (Å²) >= 11 is 0. The second-order valence-electron chi connectivity index (χ2n) is 6.13. The highest BCUT2D eigenvalue weighted by atomic mass is 16.5. The highest BCUT2D eigenvalue weighted by Crippen LogP contribution is 2.28. The van der Waals surface area contributed by atoms with Gasteiger partial charge in [-0.05, 0) is 62.7 Å². The number of rotatable bonds is 11. The Balaban J connectivity index is 1.91. The van der Waals surface area contributed by atoms with E-state index in [0.29, 0.717) is 42.6 Å². The Labute approximate surface area is 171 Å². The zero-order chi connectivity index (χ0) is 21.1. The van der Waals surface area contributed by atoms with Crippen LogP contribution in [0.25, 0.3) is 0 Å². The molecule has 29 heavy (non-hydrogen) atoms.